The Morgan fingerprint density at radius 2 is 2.31 bits per heavy atom. The highest BCUT2D eigenvalue weighted by Gasteiger charge is 2.30. The van der Waals surface area contributed by atoms with Crippen LogP contribution in [0.25, 0.3) is 0 Å². The van der Waals surface area contributed by atoms with Gasteiger partial charge in [0.15, 0.2) is 5.96 Å². The van der Waals surface area contributed by atoms with E-state index in [1.165, 1.54) is 0 Å². The quantitative estimate of drug-likeness (QED) is 0.528. The molecule has 8 heteroatoms. The number of nitrogens with zero attached hydrogens (tertiary/aromatic N) is 3. The monoisotopic (exact) mass is 381 g/mol. The number of hydrogen-bond donors (Lipinski definition) is 3. The van der Waals surface area contributed by atoms with Crippen LogP contribution in [-0.2, 0) is 4.74 Å². The van der Waals surface area contributed by atoms with Crippen LogP contribution >= 0.6 is 11.6 Å². The lowest BCUT2D eigenvalue weighted by Gasteiger charge is -2.30. The number of ether oxygens (including phenoxy) is 1. The number of aliphatic imine (C=N–C) groups is 1. The first-order valence-corrected chi connectivity index (χ1v) is 9.68. The van der Waals surface area contributed by atoms with Crippen LogP contribution in [0.4, 0.5) is 5.82 Å². The van der Waals surface area contributed by atoms with Crippen molar-refractivity contribution < 1.29 is 9.84 Å². The van der Waals surface area contributed by atoms with E-state index in [1.54, 1.807) is 6.20 Å². The fraction of sp³-hybridized carbons (Fsp3) is 0.667. The van der Waals surface area contributed by atoms with Gasteiger partial charge in [0.2, 0.25) is 0 Å². The number of anilines is 1. The lowest BCUT2D eigenvalue weighted by molar-refractivity contribution is -0.0566. The minimum absolute atomic E-state index is 0.259. The number of nitrogens with one attached hydrogen (secondary N) is 2. The summed E-state index contributed by atoms with van der Waals surface area (Å²) in [5.74, 6) is 1.57. The Morgan fingerprint density at radius 1 is 1.50 bits per heavy atom. The molecular weight excluding hydrogens is 354 g/mol. The predicted octanol–water partition coefficient (Wildman–Crippen LogP) is 1.41. The van der Waals surface area contributed by atoms with Crippen LogP contribution in [-0.4, -0.2) is 67.1 Å². The number of pyridine rings is 1. The molecule has 0 saturated carbocycles. The summed E-state index contributed by atoms with van der Waals surface area (Å²) in [6, 6.07) is 3.97. The summed E-state index contributed by atoms with van der Waals surface area (Å²) in [4.78, 5) is 11.2. The first-order chi connectivity index (χ1) is 12.6. The minimum Gasteiger partial charge on any atom is -0.388 e. The summed E-state index contributed by atoms with van der Waals surface area (Å²) in [7, 11) is 0. The van der Waals surface area contributed by atoms with E-state index in [9.17, 15) is 5.11 Å². The molecule has 7 nitrogen and oxygen atoms in total. The molecular formula is C18H28ClN5O2. The third-order valence-electron chi connectivity index (χ3n) is 4.87. The standard InChI is InChI=1S/C18H28ClN5O2/c1-2-20-17(22-13-18(25)6-10-26-11-7-18)23-14-5-9-24(12-14)16-15(19)4-3-8-21-16/h3-4,8,14,25H,2,5-7,9-13H2,1H3,(H2,20,22,23). The highest BCUT2D eigenvalue weighted by Crippen LogP contribution is 2.26. The van der Waals surface area contributed by atoms with Gasteiger partial charge >= 0.3 is 0 Å². The van der Waals surface area contributed by atoms with Gasteiger partial charge < -0.3 is 25.4 Å². The van der Waals surface area contributed by atoms with E-state index in [4.69, 9.17) is 16.3 Å². The van der Waals surface area contributed by atoms with Crippen molar-refractivity contribution in [2.24, 2.45) is 4.99 Å². The van der Waals surface area contributed by atoms with Crippen molar-refractivity contribution in [3.63, 3.8) is 0 Å². The molecule has 0 amide bonds. The van der Waals surface area contributed by atoms with Crippen LogP contribution in [0.3, 0.4) is 0 Å². The second-order valence-corrected chi connectivity index (χ2v) is 7.32. The van der Waals surface area contributed by atoms with Gasteiger partial charge in [-0.3, -0.25) is 4.99 Å². The van der Waals surface area contributed by atoms with Crippen LogP contribution in [0.2, 0.25) is 5.02 Å². The third kappa shape index (κ3) is 4.99. The molecule has 2 saturated heterocycles. The van der Waals surface area contributed by atoms with Gasteiger partial charge in [-0.15, -0.1) is 0 Å². The van der Waals surface area contributed by atoms with Crippen LogP contribution in [0.5, 0.6) is 0 Å². The summed E-state index contributed by atoms with van der Waals surface area (Å²) >= 11 is 6.26. The summed E-state index contributed by atoms with van der Waals surface area (Å²) < 4.78 is 5.33. The minimum atomic E-state index is -0.760. The SMILES string of the molecule is CCNC(=NCC1(O)CCOCC1)NC1CCN(c2ncccc2Cl)C1. The van der Waals surface area contributed by atoms with Gasteiger partial charge in [-0.05, 0) is 25.5 Å². The molecule has 3 rings (SSSR count). The zero-order chi connectivity index (χ0) is 18.4. The molecule has 0 spiro atoms. The smallest absolute Gasteiger partial charge is 0.191 e. The molecule has 2 fully saturated rings. The van der Waals surface area contributed by atoms with Gasteiger partial charge in [0.1, 0.15) is 5.82 Å². The Bertz CT molecular complexity index is 621. The molecule has 0 bridgehead atoms. The van der Waals surface area contributed by atoms with E-state index in [-0.39, 0.29) is 6.04 Å². The zero-order valence-electron chi connectivity index (χ0n) is 15.2. The number of guanidine groups is 1. The van der Waals surface area contributed by atoms with Crippen molar-refractivity contribution >= 4 is 23.4 Å². The second-order valence-electron chi connectivity index (χ2n) is 6.92. The van der Waals surface area contributed by atoms with Crippen molar-refractivity contribution in [2.75, 3.05) is 44.3 Å². The molecule has 1 aromatic heterocycles. The molecule has 0 aromatic carbocycles. The van der Waals surface area contributed by atoms with Crippen molar-refractivity contribution in [1.82, 2.24) is 15.6 Å². The normalized spacial score (nSPS) is 23.1. The van der Waals surface area contributed by atoms with Gasteiger partial charge in [-0.2, -0.15) is 0 Å². The Kier molecular flexibility index (Phi) is 6.56. The lowest BCUT2D eigenvalue weighted by atomic mass is 9.95. The van der Waals surface area contributed by atoms with Crippen molar-refractivity contribution in [1.29, 1.82) is 0 Å². The van der Waals surface area contributed by atoms with E-state index >= 15 is 0 Å². The topological polar surface area (TPSA) is 82.0 Å². The molecule has 144 valence electrons. The third-order valence-corrected chi connectivity index (χ3v) is 5.16. The molecule has 3 heterocycles. The largest absolute Gasteiger partial charge is 0.388 e. The van der Waals surface area contributed by atoms with Crippen LogP contribution in [0, 0.1) is 0 Å². The average molecular weight is 382 g/mol. The zero-order valence-corrected chi connectivity index (χ0v) is 16.0. The molecule has 2 aliphatic rings. The maximum atomic E-state index is 10.6. The van der Waals surface area contributed by atoms with Gasteiger partial charge in [-0.1, -0.05) is 11.6 Å². The van der Waals surface area contributed by atoms with E-state index < -0.39 is 5.60 Å². The van der Waals surface area contributed by atoms with Crippen LogP contribution in [0.15, 0.2) is 23.3 Å². The maximum absolute atomic E-state index is 10.6. The van der Waals surface area contributed by atoms with E-state index in [0.29, 0.717) is 37.6 Å². The van der Waals surface area contributed by atoms with Gasteiger partial charge in [0.05, 0.1) is 17.2 Å². The highest BCUT2D eigenvalue weighted by molar-refractivity contribution is 6.32. The van der Waals surface area contributed by atoms with Gasteiger partial charge in [0.25, 0.3) is 0 Å². The Labute approximate surface area is 159 Å². The molecule has 1 unspecified atom stereocenters. The van der Waals surface area contributed by atoms with Crippen molar-refractivity contribution in [3.8, 4) is 0 Å². The summed E-state index contributed by atoms with van der Waals surface area (Å²) in [6.07, 6.45) is 4.01. The number of rotatable bonds is 5. The van der Waals surface area contributed by atoms with E-state index in [0.717, 1.165) is 37.8 Å². The molecule has 3 N–H and O–H groups in total. The highest BCUT2D eigenvalue weighted by atomic mass is 35.5. The molecule has 26 heavy (non-hydrogen) atoms. The molecule has 0 radical (unpaired) electrons. The fourth-order valence-corrected chi connectivity index (χ4v) is 3.57. The summed E-state index contributed by atoms with van der Waals surface area (Å²) in [5, 5.41) is 18.0. The van der Waals surface area contributed by atoms with Crippen LogP contribution < -0.4 is 15.5 Å². The number of aromatic nitrogens is 1. The first-order valence-electron chi connectivity index (χ1n) is 9.30. The van der Waals surface area contributed by atoms with Crippen molar-refractivity contribution in [2.45, 2.75) is 37.8 Å². The van der Waals surface area contributed by atoms with Crippen molar-refractivity contribution in [3.05, 3.63) is 23.4 Å². The number of aliphatic hydroxyl groups is 1. The number of hydrogen-bond acceptors (Lipinski definition) is 5. The van der Waals surface area contributed by atoms with E-state index in [2.05, 4.69) is 25.5 Å². The molecule has 0 aliphatic carbocycles. The number of halogens is 1. The molecule has 1 aromatic rings. The van der Waals surface area contributed by atoms with Gasteiger partial charge in [0, 0.05) is 57.9 Å². The lowest BCUT2D eigenvalue weighted by Crippen LogP contribution is -2.46. The molecule has 1 atom stereocenters. The Balaban J connectivity index is 1.58. The summed E-state index contributed by atoms with van der Waals surface area (Å²) in [6.45, 7) is 6.10. The van der Waals surface area contributed by atoms with E-state index in [1.807, 2.05) is 19.1 Å². The first kappa shape index (κ1) is 19.2. The van der Waals surface area contributed by atoms with Crippen LogP contribution in [0.1, 0.15) is 26.2 Å². The average Bonchev–Trinajstić information content (AvgIpc) is 3.09. The van der Waals surface area contributed by atoms with Gasteiger partial charge in [-0.25, -0.2) is 4.98 Å². The Morgan fingerprint density at radius 3 is 3.04 bits per heavy atom. The second kappa shape index (κ2) is 8.88. The Hall–Kier alpha value is -1.57. The molecule has 2 aliphatic heterocycles. The summed E-state index contributed by atoms with van der Waals surface area (Å²) in [5.41, 5.74) is -0.760. The predicted molar refractivity (Wildman–Crippen MR) is 104 cm³/mol. The maximum Gasteiger partial charge on any atom is 0.191 e. The fourth-order valence-electron chi connectivity index (χ4n) is 3.33.